The van der Waals surface area contributed by atoms with E-state index in [1.807, 2.05) is 19.2 Å². The Kier molecular flexibility index (Phi) is 6.01. The number of aryl methyl sites for hydroxylation is 2. The molecule has 8 nitrogen and oxygen atoms in total. The van der Waals surface area contributed by atoms with Crippen LogP contribution < -0.4 is 11.1 Å². The number of halogens is 1. The number of aromatic nitrogens is 4. The Labute approximate surface area is 214 Å². The lowest BCUT2D eigenvalue weighted by Crippen LogP contribution is -2.63. The van der Waals surface area contributed by atoms with Gasteiger partial charge < -0.3 is 9.64 Å². The van der Waals surface area contributed by atoms with E-state index >= 15 is 0 Å². The van der Waals surface area contributed by atoms with Crippen LogP contribution in [0.15, 0.2) is 34.1 Å². The maximum Gasteiger partial charge on any atom is 0.275 e. The molecule has 3 aliphatic rings. The molecule has 3 fully saturated rings. The van der Waals surface area contributed by atoms with E-state index in [0.29, 0.717) is 33.6 Å². The molecule has 0 amide bonds. The lowest BCUT2D eigenvalue weighted by atomic mass is 9.52. The first-order valence-corrected chi connectivity index (χ1v) is 13.2. The number of hydrogen-bond acceptors (Lipinski definition) is 6. The van der Waals surface area contributed by atoms with Gasteiger partial charge in [-0.3, -0.25) is 9.59 Å². The molecule has 2 aliphatic heterocycles. The van der Waals surface area contributed by atoms with Gasteiger partial charge in [0.1, 0.15) is 0 Å². The molecule has 6 rings (SSSR count). The zero-order valence-corrected chi connectivity index (χ0v) is 21.6. The van der Waals surface area contributed by atoms with Gasteiger partial charge in [-0.2, -0.15) is 10.2 Å². The van der Waals surface area contributed by atoms with Gasteiger partial charge in [-0.1, -0.05) is 17.7 Å². The molecule has 2 aromatic heterocycles. The van der Waals surface area contributed by atoms with Crippen molar-refractivity contribution >= 4 is 22.4 Å². The standard InChI is InChI=1S/C27H32ClN5O3/c1-16-17(10-29-31-25(16)34)4-3-7-33-14-27(15-33)8-18(9-27)23(19-12-36-13-19)20-5-6-22(28)24-21(20)11-30-32(2)26(24)35/h5-6,10-11,18-19,23H,3-4,7-9,12-15H2,1-2H3,(H,31,34)/t23-/m1/s1. The quantitative estimate of drug-likeness (QED) is 0.526. The zero-order valence-electron chi connectivity index (χ0n) is 20.8. The summed E-state index contributed by atoms with van der Waals surface area (Å²) in [7, 11) is 1.66. The number of hydrogen-bond donors (Lipinski definition) is 1. The molecule has 1 atom stereocenters. The van der Waals surface area contributed by atoms with Crippen molar-refractivity contribution in [1.29, 1.82) is 0 Å². The normalized spacial score (nSPS) is 20.8. The fourth-order valence-electron chi connectivity index (χ4n) is 6.83. The van der Waals surface area contributed by atoms with E-state index in [-0.39, 0.29) is 11.1 Å². The molecule has 3 aromatic rings. The highest BCUT2D eigenvalue weighted by Crippen LogP contribution is 2.59. The highest BCUT2D eigenvalue weighted by molar-refractivity contribution is 6.35. The maximum absolute atomic E-state index is 12.8. The van der Waals surface area contributed by atoms with Crippen molar-refractivity contribution < 1.29 is 4.74 Å². The van der Waals surface area contributed by atoms with Crippen LogP contribution >= 0.6 is 11.6 Å². The molecule has 1 saturated carbocycles. The zero-order chi connectivity index (χ0) is 25.0. The first kappa shape index (κ1) is 23.8. The largest absolute Gasteiger partial charge is 0.381 e. The predicted octanol–water partition coefficient (Wildman–Crippen LogP) is 3.05. The van der Waals surface area contributed by atoms with E-state index in [1.54, 1.807) is 13.2 Å². The lowest BCUT2D eigenvalue weighted by Gasteiger charge is -2.62. The first-order chi connectivity index (χ1) is 17.3. The van der Waals surface area contributed by atoms with Gasteiger partial charge in [-0.25, -0.2) is 9.78 Å². The Balaban J connectivity index is 1.12. The second-order valence-electron chi connectivity index (χ2n) is 11.2. The fraction of sp³-hybridized carbons (Fsp3) is 0.556. The molecule has 1 aliphatic carbocycles. The summed E-state index contributed by atoms with van der Waals surface area (Å²) in [5.41, 5.74) is 3.21. The van der Waals surface area contributed by atoms with E-state index < -0.39 is 0 Å². The number of likely N-dealkylation sites (tertiary alicyclic amines) is 1. The SMILES string of the molecule is Cc1c(CCCN2CC3(CC([C@@H](c4ccc(Cl)c5c(=O)n(C)ncc45)C4COC4)C3)C2)cn[nH]c1=O. The van der Waals surface area contributed by atoms with Gasteiger partial charge in [-0.15, -0.1) is 0 Å². The predicted molar refractivity (Wildman–Crippen MR) is 139 cm³/mol. The highest BCUT2D eigenvalue weighted by atomic mass is 35.5. The summed E-state index contributed by atoms with van der Waals surface area (Å²) in [6.07, 6.45) is 7.93. The van der Waals surface area contributed by atoms with Crippen LogP contribution in [0, 0.1) is 24.2 Å². The minimum absolute atomic E-state index is 0.0908. The minimum atomic E-state index is -0.145. The van der Waals surface area contributed by atoms with E-state index in [1.165, 1.54) is 23.1 Å². The average molecular weight is 510 g/mol. The van der Waals surface area contributed by atoms with Crippen molar-refractivity contribution in [3.8, 4) is 0 Å². The Morgan fingerprint density at radius 3 is 2.69 bits per heavy atom. The number of aromatic amines is 1. The molecule has 1 N–H and O–H groups in total. The molecule has 0 bridgehead atoms. The molecular weight excluding hydrogens is 478 g/mol. The number of H-pyrrole nitrogens is 1. The molecule has 0 radical (unpaired) electrons. The third-order valence-electron chi connectivity index (χ3n) is 8.77. The van der Waals surface area contributed by atoms with Crippen molar-refractivity contribution in [2.24, 2.45) is 24.3 Å². The molecule has 190 valence electrons. The summed E-state index contributed by atoms with van der Waals surface area (Å²) in [6.45, 7) is 6.76. The van der Waals surface area contributed by atoms with Gasteiger partial charge in [0.2, 0.25) is 0 Å². The van der Waals surface area contributed by atoms with Gasteiger partial charge >= 0.3 is 0 Å². The number of fused-ring (bicyclic) bond motifs is 1. The topological polar surface area (TPSA) is 93.1 Å². The summed E-state index contributed by atoms with van der Waals surface area (Å²) in [5.74, 6) is 1.42. The van der Waals surface area contributed by atoms with Crippen LogP contribution in [0.5, 0.6) is 0 Å². The van der Waals surface area contributed by atoms with Crippen LogP contribution in [-0.4, -0.2) is 57.7 Å². The van der Waals surface area contributed by atoms with Crippen molar-refractivity contribution in [3.05, 3.63) is 66.9 Å². The van der Waals surface area contributed by atoms with Gasteiger partial charge in [0.25, 0.3) is 11.1 Å². The summed E-state index contributed by atoms with van der Waals surface area (Å²) >= 11 is 6.46. The smallest absolute Gasteiger partial charge is 0.275 e. The summed E-state index contributed by atoms with van der Waals surface area (Å²) in [6, 6.07) is 3.99. The van der Waals surface area contributed by atoms with Crippen LogP contribution in [-0.2, 0) is 18.2 Å². The highest BCUT2D eigenvalue weighted by Gasteiger charge is 2.55. The van der Waals surface area contributed by atoms with Crippen LogP contribution in [0.25, 0.3) is 10.8 Å². The van der Waals surface area contributed by atoms with Gasteiger partial charge in [0, 0.05) is 37.0 Å². The Morgan fingerprint density at radius 1 is 1.19 bits per heavy atom. The number of ether oxygens (including phenoxy) is 1. The minimum Gasteiger partial charge on any atom is -0.381 e. The van der Waals surface area contributed by atoms with Gasteiger partial charge in [0.15, 0.2) is 0 Å². The lowest BCUT2D eigenvalue weighted by molar-refractivity contribution is -0.127. The molecule has 36 heavy (non-hydrogen) atoms. The molecule has 4 heterocycles. The van der Waals surface area contributed by atoms with Crippen LogP contribution in [0.1, 0.15) is 41.9 Å². The summed E-state index contributed by atoms with van der Waals surface area (Å²) < 4.78 is 6.95. The average Bonchev–Trinajstić information content (AvgIpc) is 2.77. The molecule has 1 aromatic carbocycles. The van der Waals surface area contributed by atoms with E-state index in [4.69, 9.17) is 16.3 Å². The Hall–Kier alpha value is -2.55. The first-order valence-electron chi connectivity index (χ1n) is 12.8. The number of rotatable bonds is 7. The van der Waals surface area contributed by atoms with Crippen molar-refractivity contribution in [1.82, 2.24) is 24.9 Å². The number of nitrogens with one attached hydrogen (secondary N) is 1. The molecule has 0 unspecified atom stereocenters. The van der Waals surface area contributed by atoms with Crippen molar-refractivity contribution in [2.45, 2.75) is 38.5 Å². The molecule has 2 saturated heterocycles. The number of nitrogens with zero attached hydrogens (tertiary/aromatic N) is 4. The van der Waals surface area contributed by atoms with Crippen LogP contribution in [0.3, 0.4) is 0 Å². The van der Waals surface area contributed by atoms with E-state index in [9.17, 15) is 9.59 Å². The van der Waals surface area contributed by atoms with Crippen molar-refractivity contribution in [2.75, 3.05) is 32.8 Å². The molecular formula is C27H32ClN5O3. The maximum atomic E-state index is 12.8. The van der Waals surface area contributed by atoms with Crippen molar-refractivity contribution in [3.63, 3.8) is 0 Å². The number of benzene rings is 1. The summed E-state index contributed by atoms with van der Waals surface area (Å²) in [5, 5.41) is 12.7. The van der Waals surface area contributed by atoms with Crippen LogP contribution in [0.2, 0.25) is 5.02 Å². The Bertz CT molecular complexity index is 1420. The fourth-order valence-corrected chi connectivity index (χ4v) is 7.08. The molecule has 1 spiro atoms. The van der Waals surface area contributed by atoms with Crippen LogP contribution in [0.4, 0.5) is 0 Å². The molecule has 9 heteroatoms. The summed E-state index contributed by atoms with van der Waals surface area (Å²) in [4.78, 5) is 27.1. The second kappa shape index (κ2) is 9.08. The monoisotopic (exact) mass is 509 g/mol. The van der Waals surface area contributed by atoms with E-state index in [0.717, 1.165) is 62.2 Å². The van der Waals surface area contributed by atoms with Gasteiger partial charge in [-0.05, 0) is 73.6 Å². The third-order valence-corrected chi connectivity index (χ3v) is 9.09. The Morgan fingerprint density at radius 2 is 1.97 bits per heavy atom. The second-order valence-corrected chi connectivity index (χ2v) is 11.6. The van der Waals surface area contributed by atoms with Gasteiger partial charge in [0.05, 0.1) is 36.0 Å². The van der Waals surface area contributed by atoms with E-state index in [2.05, 4.69) is 26.3 Å². The third kappa shape index (κ3) is 3.99.